The lowest BCUT2D eigenvalue weighted by Crippen LogP contribution is -2.41. The highest BCUT2D eigenvalue weighted by Crippen LogP contribution is 2.40. The van der Waals surface area contributed by atoms with Crippen LogP contribution >= 0.6 is 0 Å². The maximum atomic E-state index is 9.23. The fourth-order valence-corrected chi connectivity index (χ4v) is 4.46. The second kappa shape index (κ2) is 7.46. The maximum absolute atomic E-state index is 9.23. The van der Waals surface area contributed by atoms with Crippen LogP contribution in [0.1, 0.15) is 49.6 Å². The largest absolute Gasteiger partial charge is 0.494 e. The Morgan fingerprint density at radius 2 is 1.08 bits per heavy atom. The highest BCUT2D eigenvalue weighted by molar-refractivity contribution is 6.62. The first kappa shape index (κ1) is 10.8. The average molecular weight is 485 g/mol. The Bertz CT molecular complexity index is 2500. The minimum Gasteiger partial charge on any atom is -0.399 e. The van der Waals surface area contributed by atoms with E-state index >= 15 is 0 Å². The number of hydrogen-bond donors (Lipinski definition) is 0. The summed E-state index contributed by atoms with van der Waals surface area (Å²) in [7, 11) is -1.33. The fraction of sp³-hybridized carbons (Fsp3) is 0.188. The topological polar surface area (TPSA) is 23.4 Å². The van der Waals surface area contributed by atoms with Gasteiger partial charge in [0.25, 0.3) is 0 Å². The summed E-state index contributed by atoms with van der Waals surface area (Å²) >= 11 is 0. The molecule has 6 aromatic rings. The third-order valence-corrected chi connectivity index (χ3v) is 7.00. The van der Waals surface area contributed by atoms with Gasteiger partial charge in [-0.05, 0) is 78.9 Å². The summed E-state index contributed by atoms with van der Waals surface area (Å²) in [5.74, 6) is 0. The monoisotopic (exact) mass is 485 g/mol. The molecule has 0 bridgehead atoms. The van der Waals surface area contributed by atoms with Crippen LogP contribution < -0.4 is 5.46 Å². The van der Waals surface area contributed by atoms with Crippen molar-refractivity contribution in [2.75, 3.05) is 0 Å². The zero-order chi connectivity index (χ0) is 38.6. The highest BCUT2D eigenvalue weighted by Gasteiger charge is 2.51. The average Bonchev–Trinajstić information content (AvgIpc) is 3.52. The van der Waals surface area contributed by atoms with Crippen molar-refractivity contribution in [2.24, 2.45) is 0 Å². The van der Waals surface area contributed by atoms with Gasteiger partial charge in [-0.15, -0.1) is 0 Å². The molecule has 0 saturated carbocycles. The number of fused-ring (bicyclic) bond motifs is 7. The summed E-state index contributed by atoms with van der Waals surface area (Å²) in [5, 5.41) is -1.97. The van der Waals surface area contributed by atoms with Crippen LogP contribution in [0.2, 0.25) is 0 Å². The van der Waals surface area contributed by atoms with Gasteiger partial charge in [0.2, 0.25) is 0 Å². The molecule has 0 spiro atoms. The molecule has 36 heavy (non-hydrogen) atoms. The van der Waals surface area contributed by atoms with Gasteiger partial charge in [-0.2, -0.15) is 0 Å². The van der Waals surface area contributed by atoms with Gasteiger partial charge in [0.05, 0.1) is 44.2 Å². The summed E-state index contributed by atoms with van der Waals surface area (Å²) < 4.78 is 155. The first-order chi connectivity index (χ1) is 24.0. The summed E-state index contributed by atoms with van der Waals surface area (Å²) in [6, 6.07) is -10.9. The molecule has 7 rings (SSSR count). The molecular weight excluding hydrogens is 441 g/mol. The van der Waals surface area contributed by atoms with Gasteiger partial charge in [0, 0.05) is 16.5 Å². The Morgan fingerprint density at radius 3 is 1.58 bits per heavy atom. The molecule has 0 atom stereocenters. The minimum atomic E-state index is -1.33. The second-order valence-electron chi connectivity index (χ2n) is 9.63. The quantitative estimate of drug-likeness (QED) is 0.239. The summed E-state index contributed by atoms with van der Waals surface area (Å²) in [4.78, 5) is 0. The van der Waals surface area contributed by atoms with Crippen molar-refractivity contribution in [2.45, 2.75) is 38.9 Å². The van der Waals surface area contributed by atoms with Gasteiger partial charge < -0.3 is 13.9 Å². The van der Waals surface area contributed by atoms with Crippen LogP contribution in [0.25, 0.3) is 49.0 Å². The molecule has 176 valence electrons. The Kier molecular flexibility index (Phi) is 2.24. The molecule has 4 heteroatoms. The lowest BCUT2D eigenvalue weighted by atomic mass is 9.79. The molecule has 1 fully saturated rings. The molecule has 2 heterocycles. The van der Waals surface area contributed by atoms with E-state index in [1.54, 1.807) is 27.7 Å². The number of aromatic nitrogens is 1. The molecule has 0 N–H and O–H groups in total. The molecular formula is C32H28BNO2. The van der Waals surface area contributed by atoms with E-state index in [-0.39, 0.29) is 27.0 Å². The van der Waals surface area contributed by atoms with E-state index < -0.39 is 142 Å². The van der Waals surface area contributed by atoms with Gasteiger partial charge in [0.15, 0.2) is 0 Å². The molecule has 3 nitrogen and oxygen atoms in total. The Morgan fingerprint density at radius 1 is 0.611 bits per heavy atom. The van der Waals surface area contributed by atoms with Crippen LogP contribution in [0.4, 0.5) is 0 Å². The summed E-state index contributed by atoms with van der Waals surface area (Å²) in [6.07, 6.45) is 0. The predicted molar refractivity (Wildman–Crippen MR) is 152 cm³/mol. The van der Waals surface area contributed by atoms with Gasteiger partial charge in [-0.25, -0.2) is 0 Å². The third-order valence-electron chi connectivity index (χ3n) is 7.00. The molecule has 1 saturated heterocycles. The van der Waals surface area contributed by atoms with E-state index in [4.69, 9.17) is 25.8 Å². The van der Waals surface area contributed by atoms with Crippen molar-refractivity contribution >= 4 is 55.9 Å². The molecule has 1 aliphatic heterocycles. The zero-order valence-corrected chi connectivity index (χ0v) is 19.8. The first-order valence-electron chi connectivity index (χ1n) is 19.3. The molecule has 5 aromatic carbocycles. The van der Waals surface area contributed by atoms with Gasteiger partial charge in [0.1, 0.15) is 0 Å². The predicted octanol–water partition coefficient (Wildman–Crippen LogP) is 7.39. The first-order valence-corrected chi connectivity index (χ1v) is 11.3. The van der Waals surface area contributed by atoms with Gasteiger partial charge in [-0.3, -0.25) is 0 Å². The molecule has 0 amide bonds. The molecule has 0 unspecified atom stereocenters. The van der Waals surface area contributed by atoms with Crippen molar-refractivity contribution in [3.63, 3.8) is 0 Å². The number of rotatable bonds is 2. The van der Waals surface area contributed by atoms with Crippen molar-refractivity contribution in [3.8, 4) is 5.69 Å². The van der Waals surface area contributed by atoms with Crippen LogP contribution in [0.15, 0.2) is 96.7 Å². The Balaban J connectivity index is 1.81. The van der Waals surface area contributed by atoms with Crippen LogP contribution in [-0.4, -0.2) is 22.9 Å². The number of nitrogens with zero attached hydrogens (tertiary/aromatic N) is 1. The van der Waals surface area contributed by atoms with Crippen molar-refractivity contribution in [1.29, 1.82) is 0 Å². The normalized spacial score (nSPS) is 23.3. The molecule has 0 aliphatic carbocycles. The van der Waals surface area contributed by atoms with E-state index in [0.717, 1.165) is 4.57 Å². The summed E-state index contributed by atoms with van der Waals surface area (Å²) in [6.45, 7) is 6.99. The van der Waals surface area contributed by atoms with Crippen LogP contribution in [-0.2, 0) is 9.31 Å². The second-order valence-corrected chi connectivity index (χ2v) is 9.63. The standard InChI is InChI=1S/C32H28BNO2/c1-31(2)32(3,4)36-33(35-31)23-15-17-24(18-16-23)34-27-19-13-21-9-5-7-11-25(21)29(27)30-26-12-8-6-10-22(26)14-20-28(30)34/h5-20H,1-4H3/i5D,6D,7D,8D,9D,10D,11D,12D,13D,14D,15D,16D,17D,18D,19D,20D. The lowest BCUT2D eigenvalue weighted by molar-refractivity contribution is 0.00578. The van der Waals surface area contributed by atoms with Crippen LogP contribution in [0.5, 0.6) is 0 Å². The van der Waals surface area contributed by atoms with Crippen LogP contribution in [0, 0.1) is 0 Å². The van der Waals surface area contributed by atoms with E-state index in [1.165, 1.54) is 0 Å². The van der Waals surface area contributed by atoms with Crippen LogP contribution in [0.3, 0.4) is 0 Å². The SMILES string of the molecule is [2H]c1c([2H])c(-n2c3c([2H])c([2H])c4c([2H])c([2H])c([2H])c([2H])c4c3c3c4c([2H])c([2H])c([2H])c([2H])c4c([2H])c([2H])c32)c([2H])c([2H])c1B1OC(C)(C)C(C)(C)O1. The van der Waals surface area contributed by atoms with Crippen molar-refractivity contribution < 1.29 is 31.2 Å². The highest BCUT2D eigenvalue weighted by atomic mass is 16.7. The fourth-order valence-electron chi connectivity index (χ4n) is 4.46. The number of benzene rings is 5. The zero-order valence-electron chi connectivity index (χ0n) is 35.8. The van der Waals surface area contributed by atoms with Gasteiger partial charge >= 0.3 is 7.12 Å². The lowest BCUT2D eigenvalue weighted by Gasteiger charge is -2.32. The molecule has 0 radical (unpaired) electrons. The molecule has 1 aromatic heterocycles. The molecule has 1 aliphatic rings. The minimum absolute atomic E-state index is 0.239. The van der Waals surface area contributed by atoms with E-state index in [1.807, 2.05) is 0 Å². The third kappa shape index (κ3) is 3.01. The Labute approximate surface area is 233 Å². The van der Waals surface area contributed by atoms with Crippen molar-refractivity contribution in [1.82, 2.24) is 4.57 Å². The Hall–Kier alpha value is -3.60. The van der Waals surface area contributed by atoms with Crippen molar-refractivity contribution in [3.05, 3.63) is 96.7 Å². The number of hydrogen-bond acceptors (Lipinski definition) is 2. The summed E-state index contributed by atoms with van der Waals surface area (Å²) in [5.41, 5.74) is -3.40. The maximum Gasteiger partial charge on any atom is 0.494 e. The van der Waals surface area contributed by atoms with E-state index in [9.17, 15) is 5.48 Å². The van der Waals surface area contributed by atoms with Gasteiger partial charge in [-0.1, -0.05) is 72.5 Å². The van der Waals surface area contributed by atoms with E-state index in [0.29, 0.717) is 0 Å². The van der Waals surface area contributed by atoms with E-state index in [2.05, 4.69) is 0 Å². The smallest absolute Gasteiger partial charge is 0.399 e.